The highest BCUT2D eigenvalue weighted by Gasteiger charge is 2.34. The number of nitrogens with zero attached hydrogens (tertiary/aromatic N) is 3. The Morgan fingerprint density at radius 2 is 2.08 bits per heavy atom. The van der Waals surface area contributed by atoms with E-state index in [4.69, 9.17) is 10.5 Å². The summed E-state index contributed by atoms with van der Waals surface area (Å²) in [7, 11) is 0. The number of nitrogens with two attached hydrogens (primary N) is 1. The van der Waals surface area contributed by atoms with E-state index in [2.05, 4.69) is 12.0 Å². The minimum atomic E-state index is -0.0794. The van der Waals surface area contributed by atoms with Gasteiger partial charge in [0.05, 0.1) is 18.5 Å². The number of likely N-dealkylation sites (tertiary alicyclic amines) is 1. The number of benzene rings is 1. The second kappa shape index (κ2) is 9.05. The lowest BCUT2D eigenvalue weighted by Gasteiger charge is -2.20. The molecule has 2 unspecified atom stereocenters. The van der Waals surface area contributed by atoms with Crippen molar-refractivity contribution in [3.8, 4) is 11.4 Å². The number of carbonyl (C=O) groups is 1. The van der Waals surface area contributed by atoms with Gasteiger partial charge in [-0.15, -0.1) is 12.4 Å². The maximum Gasteiger partial charge on any atom is 0.278 e. The highest BCUT2D eigenvalue weighted by Crippen LogP contribution is 2.28. The van der Waals surface area contributed by atoms with Gasteiger partial charge in [-0.25, -0.2) is 4.68 Å². The van der Waals surface area contributed by atoms with E-state index in [1.807, 2.05) is 42.2 Å². The van der Waals surface area contributed by atoms with Gasteiger partial charge < -0.3 is 15.4 Å². The van der Waals surface area contributed by atoms with Gasteiger partial charge in [0.25, 0.3) is 5.91 Å². The first kappa shape index (κ1) is 20.3. The van der Waals surface area contributed by atoms with E-state index in [0.717, 1.165) is 18.5 Å². The molecule has 2 aromatic rings. The van der Waals surface area contributed by atoms with Crippen molar-refractivity contribution in [1.82, 2.24) is 14.7 Å². The minimum absolute atomic E-state index is 0. The SMILES string of the molecule is CCCOc1cn(-c2ccccc2)nc1C(=O)N1CC(CN)CC1C.Cl. The largest absolute Gasteiger partial charge is 0.489 e. The molecule has 1 aliphatic heterocycles. The number of halogens is 1. The second-order valence-corrected chi connectivity index (χ2v) is 6.61. The highest BCUT2D eigenvalue weighted by molar-refractivity contribution is 5.95. The summed E-state index contributed by atoms with van der Waals surface area (Å²) in [5, 5.41) is 4.53. The summed E-state index contributed by atoms with van der Waals surface area (Å²) in [6.45, 7) is 5.95. The molecule has 3 rings (SSSR count). The van der Waals surface area contributed by atoms with Crippen LogP contribution in [-0.4, -0.2) is 46.3 Å². The van der Waals surface area contributed by atoms with Crippen molar-refractivity contribution < 1.29 is 9.53 Å². The van der Waals surface area contributed by atoms with Gasteiger partial charge in [-0.2, -0.15) is 5.10 Å². The number of aromatic nitrogens is 2. The van der Waals surface area contributed by atoms with Crippen molar-refractivity contribution in [2.75, 3.05) is 19.7 Å². The molecule has 1 amide bonds. The van der Waals surface area contributed by atoms with Crippen molar-refractivity contribution in [1.29, 1.82) is 0 Å². The van der Waals surface area contributed by atoms with E-state index in [0.29, 0.717) is 37.1 Å². The van der Waals surface area contributed by atoms with Gasteiger partial charge >= 0.3 is 0 Å². The standard InChI is InChI=1S/C19H26N4O2.ClH/c1-3-9-25-17-13-23(16-7-5-4-6-8-16)21-18(17)19(24)22-12-15(11-20)10-14(22)2;/h4-8,13-15H,3,9-12,20H2,1-2H3;1H. The molecule has 1 aliphatic rings. The Balaban J connectivity index is 0.00000243. The Labute approximate surface area is 160 Å². The average Bonchev–Trinajstić information content (AvgIpc) is 3.23. The number of ether oxygens (including phenoxy) is 1. The van der Waals surface area contributed by atoms with Crippen LogP contribution in [0.15, 0.2) is 36.5 Å². The van der Waals surface area contributed by atoms with Crippen molar-refractivity contribution in [3.63, 3.8) is 0 Å². The topological polar surface area (TPSA) is 73.4 Å². The fourth-order valence-corrected chi connectivity index (χ4v) is 3.27. The van der Waals surface area contributed by atoms with Crippen molar-refractivity contribution in [3.05, 3.63) is 42.2 Å². The van der Waals surface area contributed by atoms with Crippen LogP contribution in [0.4, 0.5) is 0 Å². The molecule has 2 N–H and O–H groups in total. The van der Waals surface area contributed by atoms with Crippen LogP contribution in [0.1, 0.15) is 37.2 Å². The highest BCUT2D eigenvalue weighted by atomic mass is 35.5. The minimum Gasteiger partial charge on any atom is -0.489 e. The van der Waals surface area contributed by atoms with E-state index < -0.39 is 0 Å². The monoisotopic (exact) mass is 378 g/mol. The predicted octanol–water partition coefficient (Wildman–Crippen LogP) is 2.89. The first-order chi connectivity index (χ1) is 12.1. The summed E-state index contributed by atoms with van der Waals surface area (Å²) in [4.78, 5) is 14.9. The summed E-state index contributed by atoms with van der Waals surface area (Å²) >= 11 is 0. The predicted molar refractivity (Wildman–Crippen MR) is 104 cm³/mol. The van der Waals surface area contributed by atoms with Crippen LogP contribution >= 0.6 is 12.4 Å². The van der Waals surface area contributed by atoms with E-state index in [1.165, 1.54) is 0 Å². The van der Waals surface area contributed by atoms with Crippen LogP contribution in [0.2, 0.25) is 0 Å². The molecular formula is C19H27ClN4O2. The van der Waals surface area contributed by atoms with Gasteiger partial charge in [-0.1, -0.05) is 25.1 Å². The summed E-state index contributed by atoms with van der Waals surface area (Å²) in [5.74, 6) is 0.818. The summed E-state index contributed by atoms with van der Waals surface area (Å²) in [6.07, 6.45) is 3.60. The van der Waals surface area contributed by atoms with E-state index in [1.54, 1.807) is 10.9 Å². The van der Waals surface area contributed by atoms with Gasteiger partial charge in [0, 0.05) is 12.6 Å². The molecule has 0 aliphatic carbocycles. The molecule has 2 atom stereocenters. The molecule has 6 nitrogen and oxygen atoms in total. The van der Waals surface area contributed by atoms with Gasteiger partial charge in [0.15, 0.2) is 11.4 Å². The number of hydrogen-bond acceptors (Lipinski definition) is 4. The Bertz CT molecular complexity index is 720. The first-order valence-electron chi connectivity index (χ1n) is 8.93. The van der Waals surface area contributed by atoms with Gasteiger partial charge in [-0.3, -0.25) is 4.79 Å². The molecule has 0 bridgehead atoms. The lowest BCUT2D eigenvalue weighted by molar-refractivity contribution is 0.0732. The fourth-order valence-electron chi connectivity index (χ4n) is 3.27. The Hall–Kier alpha value is -2.05. The molecule has 2 heterocycles. The number of carbonyl (C=O) groups excluding carboxylic acids is 1. The van der Waals surface area contributed by atoms with Crippen LogP contribution < -0.4 is 10.5 Å². The van der Waals surface area contributed by atoms with Crippen LogP contribution in [0, 0.1) is 5.92 Å². The molecule has 1 aromatic carbocycles. The van der Waals surface area contributed by atoms with Gasteiger partial charge in [0.2, 0.25) is 0 Å². The van der Waals surface area contributed by atoms with Crippen LogP contribution in [0.3, 0.4) is 0 Å². The number of rotatable bonds is 6. The Morgan fingerprint density at radius 3 is 2.69 bits per heavy atom. The smallest absolute Gasteiger partial charge is 0.278 e. The summed E-state index contributed by atoms with van der Waals surface area (Å²) in [6, 6.07) is 9.91. The molecule has 1 aromatic heterocycles. The third kappa shape index (κ3) is 4.19. The molecule has 0 radical (unpaired) electrons. The van der Waals surface area contributed by atoms with Crippen LogP contribution in [0.25, 0.3) is 5.69 Å². The molecule has 0 spiro atoms. The number of hydrogen-bond donors (Lipinski definition) is 1. The summed E-state index contributed by atoms with van der Waals surface area (Å²) in [5.41, 5.74) is 7.07. The van der Waals surface area contributed by atoms with E-state index >= 15 is 0 Å². The third-order valence-electron chi connectivity index (χ3n) is 4.62. The van der Waals surface area contributed by atoms with Gasteiger partial charge in [0.1, 0.15) is 0 Å². The van der Waals surface area contributed by atoms with Crippen molar-refractivity contribution >= 4 is 18.3 Å². The molecule has 0 saturated carbocycles. The maximum atomic E-state index is 13.1. The molecule has 142 valence electrons. The van der Waals surface area contributed by atoms with Crippen molar-refractivity contribution in [2.24, 2.45) is 11.7 Å². The quantitative estimate of drug-likeness (QED) is 0.838. The Kier molecular flexibility index (Phi) is 7.06. The third-order valence-corrected chi connectivity index (χ3v) is 4.62. The van der Waals surface area contributed by atoms with Crippen LogP contribution in [-0.2, 0) is 0 Å². The molecule has 26 heavy (non-hydrogen) atoms. The Morgan fingerprint density at radius 1 is 1.35 bits per heavy atom. The lowest BCUT2D eigenvalue weighted by atomic mass is 10.1. The fraction of sp³-hybridized carbons (Fsp3) is 0.474. The lowest BCUT2D eigenvalue weighted by Crippen LogP contribution is -2.35. The molecule has 1 saturated heterocycles. The zero-order valence-electron chi connectivity index (χ0n) is 15.3. The first-order valence-corrected chi connectivity index (χ1v) is 8.93. The van der Waals surface area contributed by atoms with E-state index in [9.17, 15) is 4.79 Å². The van der Waals surface area contributed by atoms with Crippen molar-refractivity contribution in [2.45, 2.75) is 32.7 Å². The average molecular weight is 379 g/mol. The molecule has 7 heteroatoms. The number of amides is 1. The molecule has 1 fully saturated rings. The molecular weight excluding hydrogens is 352 g/mol. The maximum absolute atomic E-state index is 13.1. The number of para-hydroxylation sites is 1. The normalized spacial score (nSPS) is 19.3. The second-order valence-electron chi connectivity index (χ2n) is 6.61. The summed E-state index contributed by atoms with van der Waals surface area (Å²) < 4.78 is 7.51. The zero-order chi connectivity index (χ0) is 17.8. The van der Waals surface area contributed by atoms with Gasteiger partial charge in [-0.05, 0) is 44.4 Å². The van der Waals surface area contributed by atoms with E-state index in [-0.39, 0.29) is 24.4 Å². The zero-order valence-corrected chi connectivity index (χ0v) is 16.1. The van der Waals surface area contributed by atoms with Crippen LogP contribution in [0.5, 0.6) is 5.75 Å².